The third-order valence-corrected chi connectivity index (χ3v) is 4.62. The van der Waals surface area contributed by atoms with Gasteiger partial charge in [0.25, 0.3) is 0 Å². The molecule has 1 aliphatic rings. The van der Waals surface area contributed by atoms with Crippen molar-refractivity contribution in [3.05, 3.63) is 24.1 Å². The summed E-state index contributed by atoms with van der Waals surface area (Å²) in [4.78, 5) is 3.73. The fraction of sp³-hybridized carbons (Fsp3) is 0.615. The summed E-state index contributed by atoms with van der Waals surface area (Å²) in [5.74, 6) is -0.0328. The zero-order valence-corrected chi connectivity index (χ0v) is 12.2. The first-order valence-corrected chi connectivity index (χ1v) is 8.57. The van der Waals surface area contributed by atoms with Crippen LogP contribution in [0.2, 0.25) is 0 Å². The number of hydrogen-bond donors (Lipinski definition) is 1. The SMILES string of the molecule is CS(=O)(=O)CC1(CNc2cccc(F)n2)CCOCC1. The van der Waals surface area contributed by atoms with Crippen LogP contribution in [-0.4, -0.2) is 45.2 Å². The first kappa shape index (κ1) is 15.2. The molecule has 1 aliphatic heterocycles. The van der Waals surface area contributed by atoms with Gasteiger partial charge in [-0.25, -0.2) is 13.4 Å². The van der Waals surface area contributed by atoms with Crippen LogP contribution in [0.25, 0.3) is 0 Å². The molecule has 7 heteroatoms. The molecule has 0 atom stereocenters. The maximum atomic E-state index is 13.0. The van der Waals surface area contributed by atoms with Crippen LogP contribution in [0.1, 0.15) is 12.8 Å². The number of rotatable bonds is 5. The first-order valence-electron chi connectivity index (χ1n) is 6.51. The molecule has 1 saturated heterocycles. The van der Waals surface area contributed by atoms with Gasteiger partial charge in [-0.05, 0) is 25.0 Å². The summed E-state index contributed by atoms with van der Waals surface area (Å²) in [7, 11) is -3.08. The van der Waals surface area contributed by atoms with E-state index in [0.717, 1.165) is 0 Å². The van der Waals surface area contributed by atoms with Crippen molar-refractivity contribution >= 4 is 15.7 Å². The number of hydrogen-bond acceptors (Lipinski definition) is 5. The summed E-state index contributed by atoms with van der Waals surface area (Å²) in [6.45, 7) is 1.54. The highest BCUT2D eigenvalue weighted by atomic mass is 32.2. The second kappa shape index (κ2) is 6.05. The van der Waals surface area contributed by atoms with Crippen molar-refractivity contribution < 1.29 is 17.5 Å². The van der Waals surface area contributed by atoms with E-state index >= 15 is 0 Å². The zero-order valence-electron chi connectivity index (χ0n) is 11.4. The quantitative estimate of drug-likeness (QED) is 0.834. The molecule has 1 aromatic rings. The van der Waals surface area contributed by atoms with Gasteiger partial charge in [0.05, 0.1) is 5.75 Å². The van der Waals surface area contributed by atoms with E-state index in [1.165, 1.54) is 12.3 Å². The molecule has 0 spiro atoms. The molecule has 0 amide bonds. The van der Waals surface area contributed by atoms with Crippen molar-refractivity contribution in [3.63, 3.8) is 0 Å². The summed E-state index contributed by atoms with van der Waals surface area (Å²) < 4.78 is 41.6. The van der Waals surface area contributed by atoms with E-state index in [2.05, 4.69) is 10.3 Å². The van der Waals surface area contributed by atoms with Crippen LogP contribution in [0, 0.1) is 11.4 Å². The Labute approximate surface area is 118 Å². The van der Waals surface area contributed by atoms with Crippen molar-refractivity contribution in [2.45, 2.75) is 12.8 Å². The third-order valence-electron chi connectivity index (χ3n) is 3.48. The smallest absolute Gasteiger partial charge is 0.214 e. The highest BCUT2D eigenvalue weighted by molar-refractivity contribution is 7.90. The zero-order chi connectivity index (χ0) is 14.6. The lowest BCUT2D eigenvalue weighted by molar-refractivity contribution is 0.0315. The Morgan fingerprint density at radius 3 is 2.70 bits per heavy atom. The maximum absolute atomic E-state index is 13.0. The first-order chi connectivity index (χ1) is 9.39. The Balaban J connectivity index is 2.08. The molecule has 1 aromatic heterocycles. The minimum atomic E-state index is -3.08. The molecule has 0 aromatic carbocycles. The monoisotopic (exact) mass is 302 g/mol. The molecule has 20 heavy (non-hydrogen) atoms. The van der Waals surface area contributed by atoms with Crippen molar-refractivity contribution in [1.82, 2.24) is 4.98 Å². The fourth-order valence-electron chi connectivity index (χ4n) is 2.52. The van der Waals surface area contributed by atoms with E-state index in [-0.39, 0.29) is 11.2 Å². The van der Waals surface area contributed by atoms with Crippen LogP contribution >= 0.6 is 0 Å². The molecule has 0 unspecified atom stereocenters. The second-order valence-electron chi connectivity index (χ2n) is 5.38. The molecule has 0 radical (unpaired) electrons. The number of nitrogens with zero attached hydrogens (tertiary/aromatic N) is 1. The topological polar surface area (TPSA) is 68.3 Å². The number of ether oxygens (including phenoxy) is 1. The van der Waals surface area contributed by atoms with Gasteiger partial charge in [0.1, 0.15) is 15.7 Å². The Hall–Kier alpha value is -1.21. The van der Waals surface area contributed by atoms with Crippen molar-refractivity contribution in [3.8, 4) is 0 Å². The van der Waals surface area contributed by atoms with E-state index in [4.69, 9.17) is 4.74 Å². The number of sulfone groups is 1. The van der Waals surface area contributed by atoms with Crippen molar-refractivity contribution in [2.24, 2.45) is 5.41 Å². The molecule has 1 N–H and O–H groups in total. The summed E-state index contributed by atoms with van der Waals surface area (Å²) in [5.41, 5.74) is -0.375. The normalized spacial score (nSPS) is 18.7. The Bertz CT molecular complexity index is 556. The van der Waals surface area contributed by atoms with Gasteiger partial charge in [-0.3, -0.25) is 0 Å². The Kier molecular flexibility index (Phi) is 4.59. The van der Waals surface area contributed by atoms with E-state index < -0.39 is 15.8 Å². The molecule has 0 bridgehead atoms. The van der Waals surface area contributed by atoms with Gasteiger partial charge in [-0.1, -0.05) is 6.07 Å². The average Bonchev–Trinajstić information content (AvgIpc) is 2.36. The average molecular weight is 302 g/mol. The van der Waals surface area contributed by atoms with Crippen LogP contribution in [0.3, 0.4) is 0 Å². The largest absolute Gasteiger partial charge is 0.381 e. The predicted molar refractivity (Wildman–Crippen MR) is 74.9 cm³/mol. The molecule has 2 rings (SSSR count). The van der Waals surface area contributed by atoms with E-state index in [1.54, 1.807) is 12.1 Å². The van der Waals surface area contributed by atoms with Gasteiger partial charge in [0.2, 0.25) is 5.95 Å². The lowest BCUT2D eigenvalue weighted by Gasteiger charge is -2.36. The number of pyridine rings is 1. The van der Waals surface area contributed by atoms with Gasteiger partial charge in [0.15, 0.2) is 0 Å². The molecule has 0 saturated carbocycles. The van der Waals surface area contributed by atoms with Crippen LogP contribution in [0.4, 0.5) is 10.2 Å². The summed E-state index contributed by atoms with van der Waals surface area (Å²) >= 11 is 0. The minimum absolute atomic E-state index is 0.103. The maximum Gasteiger partial charge on any atom is 0.214 e. The van der Waals surface area contributed by atoms with Crippen molar-refractivity contribution in [2.75, 3.05) is 37.1 Å². The summed E-state index contributed by atoms with van der Waals surface area (Å²) in [5, 5.41) is 3.05. The second-order valence-corrected chi connectivity index (χ2v) is 7.52. The lowest BCUT2D eigenvalue weighted by Crippen LogP contribution is -2.41. The molecule has 5 nitrogen and oxygen atoms in total. The van der Waals surface area contributed by atoms with E-state index in [1.807, 2.05) is 0 Å². The number of aromatic nitrogens is 1. The predicted octanol–water partition coefficient (Wildman–Crippen LogP) is 1.47. The van der Waals surface area contributed by atoms with Gasteiger partial charge in [0, 0.05) is 31.4 Å². The highest BCUT2D eigenvalue weighted by Gasteiger charge is 2.35. The molecular weight excluding hydrogens is 283 g/mol. The van der Waals surface area contributed by atoms with Gasteiger partial charge < -0.3 is 10.1 Å². The van der Waals surface area contributed by atoms with Crippen LogP contribution in [-0.2, 0) is 14.6 Å². The fourth-order valence-corrected chi connectivity index (χ4v) is 4.02. The third kappa shape index (κ3) is 4.42. The highest BCUT2D eigenvalue weighted by Crippen LogP contribution is 2.32. The molecular formula is C13H19FN2O3S. The summed E-state index contributed by atoms with van der Waals surface area (Å²) in [6.07, 6.45) is 2.58. The minimum Gasteiger partial charge on any atom is -0.381 e. The van der Waals surface area contributed by atoms with Crippen LogP contribution in [0.5, 0.6) is 0 Å². The van der Waals surface area contributed by atoms with E-state index in [0.29, 0.717) is 38.4 Å². The number of halogens is 1. The van der Waals surface area contributed by atoms with Crippen LogP contribution in [0.15, 0.2) is 18.2 Å². The molecule has 1 fully saturated rings. The lowest BCUT2D eigenvalue weighted by atomic mass is 9.82. The molecule has 2 heterocycles. The molecule has 0 aliphatic carbocycles. The number of anilines is 1. The standard InChI is InChI=1S/C13H19FN2O3S/c1-20(17,18)10-13(5-7-19-8-6-13)9-15-12-4-2-3-11(14)16-12/h2-4H,5-10H2,1H3,(H,15,16). The van der Waals surface area contributed by atoms with Crippen LogP contribution < -0.4 is 5.32 Å². The van der Waals surface area contributed by atoms with E-state index in [9.17, 15) is 12.8 Å². The van der Waals surface area contributed by atoms with Gasteiger partial charge in [-0.2, -0.15) is 4.39 Å². The van der Waals surface area contributed by atoms with Crippen molar-refractivity contribution in [1.29, 1.82) is 0 Å². The van der Waals surface area contributed by atoms with Gasteiger partial charge >= 0.3 is 0 Å². The Morgan fingerprint density at radius 1 is 1.40 bits per heavy atom. The van der Waals surface area contributed by atoms with Gasteiger partial charge in [-0.15, -0.1) is 0 Å². The molecule has 112 valence electrons. The summed E-state index contributed by atoms with van der Waals surface area (Å²) in [6, 6.07) is 4.50. The Morgan fingerprint density at radius 2 is 2.10 bits per heavy atom. The number of nitrogens with one attached hydrogen (secondary N) is 1.